The SMILES string of the molecule is CCC(=O)c1c(-c2ccc(F)cc2)oc2cc(N(C)S(C)(=O)=O)c([C@@H]3CCCN(C(=O)c4cc5c(F)cccc5n4C)C3)cc12.CCC(=O)c1c(-c2ccc(F)cc2)oc2cc(N(C)S(C)(=O)=O)c([C@H]3CCCN(C(=O)c4cc5c(F)cccc5n4C)C3)cc12. The van der Waals surface area contributed by atoms with E-state index in [2.05, 4.69) is 0 Å². The molecule has 6 aromatic carbocycles. The summed E-state index contributed by atoms with van der Waals surface area (Å²) in [5.74, 6) is -2.49. The van der Waals surface area contributed by atoms with Crippen LogP contribution < -0.4 is 8.61 Å². The normalized spacial score (nSPS) is 15.6. The van der Waals surface area contributed by atoms with Crippen molar-refractivity contribution >= 4 is 98.5 Å². The number of carbonyl (C=O) groups is 4. The van der Waals surface area contributed by atoms with Crippen molar-refractivity contribution in [3.8, 4) is 22.6 Å². The first-order valence-corrected chi connectivity index (χ1v) is 33.2. The summed E-state index contributed by atoms with van der Waals surface area (Å²) in [5.41, 5.74) is 6.38. The van der Waals surface area contributed by atoms with E-state index in [-0.39, 0.29) is 59.6 Å². The summed E-state index contributed by atoms with van der Waals surface area (Å²) in [4.78, 5) is 57.7. The highest BCUT2D eigenvalue weighted by atomic mass is 32.2. The minimum atomic E-state index is -3.70. The number of hydrogen-bond donors (Lipinski definition) is 0. The average Bonchev–Trinajstić information content (AvgIpc) is 1.56. The molecule has 16 nitrogen and oxygen atoms in total. The monoisotopic (exact) mass is 1270 g/mol. The Labute approximate surface area is 517 Å². The van der Waals surface area contributed by atoms with Gasteiger partial charge in [0.25, 0.3) is 11.8 Å². The van der Waals surface area contributed by atoms with Crippen molar-refractivity contribution in [1.29, 1.82) is 0 Å². The number of hydrogen-bond acceptors (Lipinski definition) is 10. The number of aryl methyl sites for hydroxylation is 2. The summed E-state index contributed by atoms with van der Waals surface area (Å²) >= 11 is 0. The van der Waals surface area contributed by atoms with Gasteiger partial charge in [0.1, 0.15) is 57.3 Å². The fourth-order valence-corrected chi connectivity index (χ4v) is 13.6. The van der Waals surface area contributed by atoms with Gasteiger partial charge < -0.3 is 27.8 Å². The lowest BCUT2D eigenvalue weighted by Gasteiger charge is -2.35. The molecule has 0 N–H and O–H groups in total. The van der Waals surface area contributed by atoms with E-state index in [1.165, 1.54) is 83.4 Å². The lowest BCUT2D eigenvalue weighted by molar-refractivity contribution is 0.0691. The zero-order chi connectivity index (χ0) is 64.4. The Morgan fingerprint density at radius 2 is 0.889 bits per heavy atom. The Balaban J connectivity index is 0.000000185. The number of amides is 2. The maximum Gasteiger partial charge on any atom is 0.270 e. The number of piperidine rings is 2. The molecule has 22 heteroatoms. The molecule has 2 atom stereocenters. The Hall–Kier alpha value is -9.02. The van der Waals surface area contributed by atoms with Crippen molar-refractivity contribution in [2.24, 2.45) is 14.1 Å². The third-order valence-electron chi connectivity index (χ3n) is 17.6. The van der Waals surface area contributed by atoms with Crippen molar-refractivity contribution < 1.29 is 62.4 Å². The molecule has 0 saturated carbocycles. The molecule has 2 saturated heterocycles. The molecule has 2 amide bonds. The second-order valence-electron chi connectivity index (χ2n) is 23.2. The molecule has 0 radical (unpaired) electrons. The van der Waals surface area contributed by atoms with Crippen LogP contribution in [-0.4, -0.2) is 112 Å². The van der Waals surface area contributed by atoms with Crippen molar-refractivity contribution in [2.45, 2.75) is 64.2 Å². The fourth-order valence-electron chi connectivity index (χ4n) is 12.6. The Morgan fingerprint density at radius 3 is 1.22 bits per heavy atom. The molecule has 0 bridgehead atoms. The van der Waals surface area contributed by atoms with Crippen LogP contribution in [0.1, 0.15) is 117 Å². The van der Waals surface area contributed by atoms with Gasteiger partial charge in [-0.3, -0.25) is 27.8 Å². The summed E-state index contributed by atoms with van der Waals surface area (Å²) in [6.45, 7) is 5.03. The molecule has 10 aromatic rings. The summed E-state index contributed by atoms with van der Waals surface area (Å²) in [6.07, 6.45) is 5.25. The number of furan rings is 2. The first kappa shape index (κ1) is 62.6. The van der Waals surface area contributed by atoms with Gasteiger partial charge in [-0.05, 0) is 134 Å². The number of ketones is 2. The van der Waals surface area contributed by atoms with Gasteiger partial charge in [-0.2, -0.15) is 0 Å². The minimum Gasteiger partial charge on any atom is -0.455 e. The number of fused-ring (bicyclic) bond motifs is 4. The molecule has 2 aliphatic heterocycles. The van der Waals surface area contributed by atoms with Crippen LogP contribution in [0.15, 0.2) is 130 Å². The predicted octanol–water partition coefficient (Wildman–Crippen LogP) is 13.8. The zero-order valence-corrected chi connectivity index (χ0v) is 52.5. The maximum atomic E-state index is 14.5. The number of aromatic nitrogens is 2. The van der Waals surface area contributed by atoms with Crippen LogP contribution in [0.3, 0.4) is 0 Å². The van der Waals surface area contributed by atoms with Gasteiger partial charge in [0.05, 0.1) is 46.0 Å². The molecule has 2 fully saturated rings. The van der Waals surface area contributed by atoms with Gasteiger partial charge in [-0.15, -0.1) is 0 Å². The Morgan fingerprint density at radius 1 is 0.522 bits per heavy atom. The fraction of sp³-hybridized carbons (Fsp3) is 0.294. The van der Waals surface area contributed by atoms with Gasteiger partial charge in [-0.1, -0.05) is 26.0 Å². The third kappa shape index (κ3) is 11.7. The van der Waals surface area contributed by atoms with E-state index in [0.29, 0.717) is 152 Å². The van der Waals surface area contributed by atoms with E-state index >= 15 is 0 Å². The largest absolute Gasteiger partial charge is 0.455 e. The number of Topliss-reactive ketones (excluding diaryl/α,β-unsaturated/α-hetero) is 2. The molecular weight excluding hydrogens is 1200 g/mol. The zero-order valence-electron chi connectivity index (χ0n) is 50.9. The standard InChI is InChI=1S/2C34H33F2N3O5S/c2*1-5-30(40)32-25-16-23(28(38(3)45(4,42)43)18-31(25)44-33(32)20-11-13-22(35)14-12-20)21-8-7-15-39(19-21)34(41)29-17-24-26(36)9-6-10-27(24)37(29)2/h2*6,9-14,16-18,21H,5,7-8,15,19H2,1-4H3/t2*21-/m10/s1. The smallest absolute Gasteiger partial charge is 0.270 e. The quantitative estimate of drug-likeness (QED) is 0.0749. The van der Waals surface area contributed by atoms with E-state index in [0.717, 1.165) is 12.5 Å². The predicted molar refractivity (Wildman–Crippen MR) is 340 cm³/mol. The van der Waals surface area contributed by atoms with E-state index in [1.807, 2.05) is 0 Å². The number of halogens is 4. The van der Waals surface area contributed by atoms with Crippen LogP contribution in [-0.2, 0) is 34.1 Å². The summed E-state index contributed by atoms with van der Waals surface area (Å²) in [7, 11) is -1.03. The van der Waals surface area contributed by atoms with Crippen LogP contribution >= 0.6 is 0 Å². The number of carbonyl (C=O) groups excluding carboxylic acids is 4. The molecule has 90 heavy (non-hydrogen) atoms. The average molecular weight is 1270 g/mol. The van der Waals surface area contributed by atoms with Gasteiger partial charge in [-0.25, -0.2) is 34.4 Å². The van der Waals surface area contributed by atoms with E-state index in [4.69, 9.17) is 8.83 Å². The highest BCUT2D eigenvalue weighted by Gasteiger charge is 2.35. The Kier molecular flexibility index (Phi) is 17.0. The molecule has 0 unspecified atom stereocenters. The van der Waals surface area contributed by atoms with Crippen LogP contribution in [0.2, 0.25) is 0 Å². The maximum absolute atomic E-state index is 14.5. The molecular formula is C68H66F4N6O10S2. The van der Waals surface area contributed by atoms with Crippen molar-refractivity contribution in [1.82, 2.24) is 18.9 Å². The summed E-state index contributed by atoms with van der Waals surface area (Å²) in [6, 6.07) is 30.7. The third-order valence-corrected chi connectivity index (χ3v) is 19.9. The van der Waals surface area contributed by atoms with Gasteiger partial charge in [0.2, 0.25) is 20.0 Å². The number of sulfonamides is 2. The van der Waals surface area contributed by atoms with Gasteiger partial charge in [0, 0.05) is 124 Å². The topological polar surface area (TPSA) is 186 Å². The molecule has 12 rings (SSSR count). The summed E-state index contributed by atoms with van der Waals surface area (Å²) in [5, 5.41) is 1.78. The van der Waals surface area contributed by atoms with Crippen LogP contribution in [0.25, 0.3) is 66.4 Å². The lowest BCUT2D eigenvalue weighted by atomic mass is 9.87. The van der Waals surface area contributed by atoms with Crippen LogP contribution in [0.4, 0.5) is 28.9 Å². The highest BCUT2D eigenvalue weighted by molar-refractivity contribution is 7.92. The molecule has 468 valence electrons. The molecule has 0 spiro atoms. The highest BCUT2D eigenvalue weighted by Crippen LogP contribution is 2.45. The molecule has 0 aliphatic carbocycles. The van der Waals surface area contributed by atoms with Gasteiger partial charge >= 0.3 is 0 Å². The lowest BCUT2D eigenvalue weighted by Crippen LogP contribution is -2.40. The second kappa shape index (κ2) is 24.4. The first-order chi connectivity index (χ1) is 42.8. The van der Waals surface area contributed by atoms with E-state index in [9.17, 15) is 53.6 Å². The van der Waals surface area contributed by atoms with E-state index in [1.54, 1.807) is 108 Å². The summed E-state index contributed by atoms with van der Waals surface area (Å²) < 4.78 is 126. The van der Waals surface area contributed by atoms with Crippen molar-refractivity contribution in [3.05, 3.63) is 178 Å². The number of rotatable bonds is 14. The van der Waals surface area contributed by atoms with Crippen molar-refractivity contribution in [3.63, 3.8) is 0 Å². The number of nitrogens with zero attached hydrogens (tertiary/aromatic N) is 6. The first-order valence-electron chi connectivity index (χ1n) is 29.5. The van der Waals surface area contributed by atoms with Crippen LogP contribution in [0, 0.1) is 23.3 Å². The molecule has 6 heterocycles. The van der Waals surface area contributed by atoms with Crippen molar-refractivity contribution in [2.75, 3.05) is 61.4 Å². The van der Waals surface area contributed by atoms with Crippen LogP contribution in [0.5, 0.6) is 0 Å². The number of likely N-dealkylation sites (tertiary alicyclic amines) is 2. The second-order valence-corrected chi connectivity index (χ2v) is 27.2. The number of anilines is 2. The molecule has 2 aliphatic rings. The van der Waals surface area contributed by atoms with Gasteiger partial charge in [0.15, 0.2) is 11.6 Å². The molecule has 4 aromatic heterocycles. The number of benzene rings is 6. The minimum absolute atomic E-state index is 0.174. The van der Waals surface area contributed by atoms with E-state index < -0.39 is 43.3 Å². The Bertz CT molecular complexity index is 4460.